The number of aryl methyl sites for hydroxylation is 1. The lowest BCUT2D eigenvalue weighted by Gasteiger charge is -2.06. The number of nitrogens with two attached hydrogens (primary N) is 1. The molecule has 0 spiro atoms. The van der Waals surface area contributed by atoms with Gasteiger partial charge in [-0.1, -0.05) is 6.92 Å². The van der Waals surface area contributed by atoms with Gasteiger partial charge in [-0.3, -0.25) is 5.43 Å². The van der Waals surface area contributed by atoms with Gasteiger partial charge < -0.3 is 5.32 Å². The van der Waals surface area contributed by atoms with Gasteiger partial charge in [0, 0.05) is 17.6 Å². The molecule has 0 aliphatic carbocycles. The van der Waals surface area contributed by atoms with Crippen LogP contribution in [-0.4, -0.2) is 17.5 Å². The second-order valence-corrected chi connectivity index (χ2v) is 4.40. The molecule has 0 aliphatic rings. The number of hydrogen-bond donors (Lipinski definition) is 3. The number of hydrazine groups is 1. The Hall–Kier alpha value is -1.14. The Labute approximate surface area is 93.8 Å². The van der Waals surface area contributed by atoms with Crippen molar-refractivity contribution in [1.82, 2.24) is 15.7 Å². The van der Waals surface area contributed by atoms with Crippen LogP contribution in [0, 0.1) is 6.92 Å². The van der Waals surface area contributed by atoms with Crippen LogP contribution in [0.3, 0.4) is 0 Å². The predicted octanol–water partition coefficient (Wildman–Crippen LogP) is 0.770. The van der Waals surface area contributed by atoms with Crippen LogP contribution in [0.1, 0.15) is 23.2 Å². The first-order valence-corrected chi connectivity index (χ1v) is 5.74. The van der Waals surface area contributed by atoms with E-state index in [4.69, 9.17) is 5.84 Å². The smallest absolute Gasteiger partial charge is 0.206 e. The minimum absolute atomic E-state index is 0.613. The van der Waals surface area contributed by atoms with Crippen molar-refractivity contribution in [2.45, 2.75) is 26.8 Å². The number of hydrogen-bond acceptors (Lipinski definition) is 4. The van der Waals surface area contributed by atoms with E-state index in [0.717, 1.165) is 22.9 Å². The zero-order valence-corrected chi connectivity index (χ0v) is 9.90. The summed E-state index contributed by atoms with van der Waals surface area (Å²) in [5.41, 5.74) is 2.54. The SMILES string of the molecule is CCCNC(=NCc1cnc(C)s1)NN. The number of nitrogens with one attached hydrogen (secondary N) is 2. The quantitative estimate of drug-likeness (QED) is 0.307. The third kappa shape index (κ3) is 4.26. The molecule has 1 aromatic rings. The highest BCUT2D eigenvalue weighted by molar-refractivity contribution is 7.11. The van der Waals surface area contributed by atoms with Crippen LogP contribution in [-0.2, 0) is 6.54 Å². The Morgan fingerprint density at radius 2 is 2.47 bits per heavy atom. The zero-order chi connectivity index (χ0) is 11.1. The summed E-state index contributed by atoms with van der Waals surface area (Å²) in [6, 6.07) is 0. The molecule has 0 radical (unpaired) electrons. The average Bonchev–Trinajstić information content (AvgIpc) is 2.65. The van der Waals surface area contributed by atoms with Gasteiger partial charge in [-0.25, -0.2) is 15.8 Å². The number of aromatic nitrogens is 1. The molecule has 6 heteroatoms. The molecule has 0 fully saturated rings. The number of thiazole rings is 1. The third-order valence-corrected chi connectivity index (χ3v) is 2.64. The van der Waals surface area contributed by atoms with Crippen molar-refractivity contribution in [3.63, 3.8) is 0 Å². The van der Waals surface area contributed by atoms with Crippen molar-refractivity contribution in [2.75, 3.05) is 6.54 Å². The highest BCUT2D eigenvalue weighted by Crippen LogP contribution is 2.11. The number of nitrogens with zero attached hydrogens (tertiary/aromatic N) is 2. The maximum Gasteiger partial charge on any atom is 0.206 e. The Morgan fingerprint density at radius 3 is 3.00 bits per heavy atom. The van der Waals surface area contributed by atoms with E-state index in [1.807, 2.05) is 13.1 Å². The fraction of sp³-hybridized carbons (Fsp3) is 0.556. The van der Waals surface area contributed by atoms with E-state index < -0.39 is 0 Å². The van der Waals surface area contributed by atoms with Crippen molar-refractivity contribution < 1.29 is 0 Å². The van der Waals surface area contributed by atoms with Gasteiger partial charge in [-0.05, 0) is 13.3 Å². The van der Waals surface area contributed by atoms with Crippen LogP contribution in [0.2, 0.25) is 0 Å². The molecule has 0 aliphatic heterocycles. The lowest BCUT2D eigenvalue weighted by molar-refractivity contribution is 0.791. The van der Waals surface area contributed by atoms with Gasteiger partial charge in [-0.2, -0.15) is 0 Å². The molecule has 0 atom stereocenters. The van der Waals surface area contributed by atoms with E-state index in [9.17, 15) is 0 Å². The van der Waals surface area contributed by atoms with E-state index in [0.29, 0.717) is 12.5 Å². The molecular weight excluding hydrogens is 210 g/mol. The maximum absolute atomic E-state index is 5.33. The molecule has 5 nitrogen and oxygen atoms in total. The fourth-order valence-electron chi connectivity index (χ4n) is 1.03. The minimum atomic E-state index is 0.613. The van der Waals surface area contributed by atoms with Gasteiger partial charge in [0.15, 0.2) is 0 Å². The van der Waals surface area contributed by atoms with E-state index in [2.05, 4.69) is 27.6 Å². The molecular formula is C9H17N5S. The summed E-state index contributed by atoms with van der Waals surface area (Å²) in [6.45, 7) is 5.55. The van der Waals surface area contributed by atoms with Gasteiger partial charge in [0.1, 0.15) is 0 Å². The van der Waals surface area contributed by atoms with Gasteiger partial charge in [0.05, 0.1) is 11.6 Å². The molecule has 0 aromatic carbocycles. The lowest BCUT2D eigenvalue weighted by Crippen LogP contribution is -2.41. The van der Waals surface area contributed by atoms with Gasteiger partial charge in [0.2, 0.25) is 5.96 Å². The number of aliphatic imine (C=N–C) groups is 1. The molecule has 1 heterocycles. The molecule has 1 rings (SSSR count). The summed E-state index contributed by atoms with van der Waals surface area (Å²) in [7, 11) is 0. The van der Waals surface area contributed by atoms with Crippen LogP contribution in [0.15, 0.2) is 11.2 Å². The Balaban J connectivity index is 2.46. The summed E-state index contributed by atoms with van der Waals surface area (Å²) in [6.07, 6.45) is 2.89. The van der Waals surface area contributed by atoms with Crippen molar-refractivity contribution in [1.29, 1.82) is 0 Å². The van der Waals surface area contributed by atoms with Crippen LogP contribution in [0.25, 0.3) is 0 Å². The monoisotopic (exact) mass is 227 g/mol. The summed E-state index contributed by atoms with van der Waals surface area (Å²) >= 11 is 1.65. The van der Waals surface area contributed by atoms with E-state index >= 15 is 0 Å². The normalized spacial score (nSPS) is 11.5. The molecule has 4 N–H and O–H groups in total. The summed E-state index contributed by atoms with van der Waals surface area (Å²) < 4.78 is 0. The van der Waals surface area contributed by atoms with Crippen LogP contribution >= 0.6 is 11.3 Å². The minimum Gasteiger partial charge on any atom is -0.355 e. The predicted molar refractivity (Wildman–Crippen MR) is 63.6 cm³/mol. The molecule has 0 unspecified atom stereocenters. The largest absolute Gasteiger partial charge is 0.355 e. The summed E-state index contributed by atoms with van der Waals surface area (Å²) in [5.74, 6) is 5.96. The molecule has 0 amide bonds. The van der Waals surface area contributed by atoms with Gasteiger partial charge >= 0.3 is 0 Å². The maximum atomic E-state index is 5.33. The number of guanidine groups is 1. The van der Waals surface area contributed by atoms with Crippen molar-refractivity contribution in [3.05, 3.63) is 16.1 Å². The summed E-state index contributed by atoms with van der Waals surface area (Å²) in [5, 5.41) is 4.15. The van der Waals surface area contributed by atoms with Crippen LogP contribution in [0.5, 0.6) is 0 Å². The Kier molecular flexibility index (Phi) is 5.06. The second-order valence-electron chi connectivity index (χ2n) is 3.08. The first kappa shape index (κ1) is 11.9. The standard InChI is InChI=1S/C9H17N5S/c1-3-4-11-9(14-10)13-6-8-5-12-7(2)15-8/h5H,3-4,6,10H2,1-2H3,(H2,11,13,14). The fourth-order valence-corrected chi connectivity index (χ4v) is 1.75. The van der Waals surface area contributed by atoms with Crippen molar-refractivity contribution in [3.8, 4) is 0 Å². The van der Waals surface area contributed by atoms with E-state index in [1.165, 1.54) is 0 Å². The topological polar surface area (TPSA) is 75.3 Å². The molecule has 0 saturated carbocycles. The lowest BCUT2D eigenvalue weighted by atomic mass is 10.5. The van der Waals surface area contributed by atoms with Gasteiger partial charge in [-0.15, -0.1) is 11.3 Å². The highest BCUT2D eigenvalue weighted by Gasteiger charge is 1.98. The number of rotatable bonds is 4. The Bertz CT molecular complexity index is 320. The molecule has 1 aromatic heterocycles. The molecule has 84 valence electrons. The van der Waals surface area contributed by atoms with E-state index in [-0.39, 0.29) is 0 Å². The first-order valence-electron chi connectivity index (χ1n) is 4.92. The third-order valence-electron chi connectivity index (χ3n) is 1.74. The van der Waals surface area contributed by atoms with Crippen LogP contribution in [0.4, 0.5) is 0 Å². The average molecular weight is 227 g/mol. The molecule has 0 saturated heterocycles. The first-order chi connectivity index (χ1) is 7.26. The summed E-state index contributed by atoms with van der Waals surface area (Å²) in [4.78, 5) is 9.60. The highest BCUT2D eigenvalue weighted by atomic mass is 32.1. The van der Waals surface area contributed by atoms with E-state index in [1.54, 1.807) is 11.3 Å². The van der Waals surface area contributed by atoms with Crippen LogP contribution < -0.4 is 16.6 Å². The van der Waals surface area contributed by atoms with Crippen molar-refractivity contribution >= 4 is 17.3 Å². The van der Waals surface area contributed by atoms with Gasteiger partial charge in [0.25, 0.3) is 0 Å². The second kappa shape index (κ2) is 6.36. The molecule has 15 heavy (non-hydrogen) atoms. The Morgan fingerprint density at radius 1 is 1.67 bits per heavy atom. The molecule has 0 bridgehead atoms. The zero-order valence-electron chi connectivity index (χ0n) is 9.08. The van der Waals surface area contributed by atoms with Crippen molar-refractivity contribution in [2.24, 2.45) is 10.8 Å².